The maximum absolute atomic E-state index is 12.2. The number of rotatable bonds is 0. The molecule has 0 saturated heterocycles. The number of aromatic nitrogens is 2. The lowest BCUT2D eigenvalue weighted by Crippen LogP contribution is -2.05. The highest BCUT2D eigenvalue weighted by Crippen LogP contribution is 2.29. The number of hydrogen-bond donors (Lipinski definition) is 0. The van der Waals surface area contributed by atoms with Gasteiger partial charge in [0.05, 0.1) is 5.56 Å². The second-order valence-electron chi connectivity index (χ2n) is 2.61. The van der Waals surface area contributed by atoms with Crippen LogP contribution in [0.3, 0.4) is 0 Å². The summed E-state index contributed by atoms with van der Waals surface area (Å²) in [5, 5.41) is 0. The monoisotopic (exact) mass is 186 g/mol. The summed E-state index contributed by atoms with van der Waals surface area (Å²) in [6.07, 6.45) is 0.0871. The molecular weight excluding hydrogens is 181 g/mol. The molecule has 0 aliphatic rings. The molecule has 0 radical (unpaired) electrons. The van der Waals surface area contributed by atoms with E-state index in [4.69, 9.17) is 0 Å². The topological polar surface area (TPSA) is 17.3 Å². The first-order valence-corrected chi connectivity index (χ1v) is 3.57. The molecule has 0 fully saturated rings. The van der Waals surface area contributed by atoms with Crippen LogP contribution in [0.25, 0.3) is 5.65 Å². The van der Waals surface area contributed by atoms with Crippen molar-refractivity contribution in [3.05, 3.63) is 36.3 Å². The Morgan fingerprint density at radius 2 is 2.00 bits per heavy atom. The van der Waals surface area contributed by atoms with Gasteiger partial charge in [0.2, 0.25) is 0 Å². The van der Waals surface area contributed by atoms with Gasteiger partial charge >= 0.3 is 6.18 Å². The second kappa shape index (κ2) is 2.48. The lowest BCUT2D eigenvalue weighted by molar-refractivity contribution is -0.137. The second-order valence-corrected chi connectivity index (χ2v) is 2.61. The Balaban J connectivity index is 2.61. The van der Waals surface area contributed by atoms with Crippen LogP contribution in [0, 0.1) is 0 Å². The van der Waals surface area contributed by atoms with Crippen molar-refractivity contribution >= 4 is 5.65 Å². The summed E-state index contributed by atoms with van der Waals surface area (Å²) in [6, 6.07) is 2.04. The van der Waals surface area contributed by atoms with Crippen molar-refractivity contribution < 1.29 is 13.2 Å². The number of nitrogens with zero attached hydrogens (tertiary/aromatic N) is 2. The fourth-order valence-corrected chi connectivity index (χ4v) is 1.09. The smallest absolute Gasteiger partial charge is 0.307 e. The fourth-order valence-electron chi connectivity index (χ4n) is 1.09. The highest BCUT2D eigenvalue weighted by molar-refractivity contribution is 5.41. The first kappa shape index (κ1) is 8.10. The van der Waals surface area contributed by atoms with Crippen LogP contribution in [0.4, 0.5) is 13.2 Å². The fraction of sp³-hybridized carbons (Fsp3) is 0.125. The van der Waals surface area contributed by atoms with E-state index >= 15 is 0 Å². The van der Waals surface area contributed by atoms with Gasteiger partial charge in [-0.1, -0.05) is 0 Å². The van der Waals surface area contributed by atoms with Crippen molar-refractivity contribution in [2.24, 2.45) is 0 Å². The summed E-state index contributed by atoms with van der Waals surface area (Å²) in [5.41, 5.74) is -0.374. The average molecular weight is 186 g/mol. The van der Waals surface area contributed by atoms with E-state index in [2.05, 4.69) is 4.98 Å². The van der Waals surface area contributed by atoms with E-state index in [1.807, 2.05) is 0 Å². The standard InChI is InChI=1S/C8H5F3N2/c9-8(10,11)6-1-3-13-4-2-12-7(13)5-6/h1-5H. The zero-order valence-corrected chi connectivity index (χ0v) is 6.42. The molecule has 2 aromatic heterocycles. The zero-order valence-electron chi connectivity index (χ0n) is 6.42. The Bertz CT molecular complexity index is 430. The van der Waals surface area contributed by atoms with Gasteiger partial charge in [-0.2, -0.15) is 13.2 Å². The number of hydrogen-bond acceptors (Lipinski definition) is 1. The SMILES string of the molecule is FC(F)(F)c1ccn2ccnc2c1. The third-order valence-electron chi connectivity index (χ3n) is 1.73. The Morgan fingerprint density at radius 1 is 1.23 bits per heavy atom. The number of imidazole rings is 1. The molecule has 0 saturated carbocycles. The summed E-state index contributed by atoms with van der Waals surface area (Å²) >= 11 is 0. The molecule has 0 atom stereocenters. The van der Waals surface area contributed by atoms with Crippen molar-refractivity contribution in [1.29, 1.82) is 0 Å². The molecule has 2 aromatic rings. The normalized spacial score (nSPS) is 12.2. The molecule has 0 spiro atoms. The van der Waals surface area contributed by atoms with Crippen LogP contribution in [0.5, 0.6) is 0 Å². The highest BCUT2D eigenvalue weighted by atomic mass is 19.4. The maximum Gasteiger partial charge on any atom is 0.416 e. The number of alkyl halides is 3. The number of halogens is 3. The molecule has 0 unspecified atom stereocenters. The van der Waals surface area contributed by atoms with Gasteiger partial charge in [-0.3, -0.25) is 0 Å². The minimum absolute atomic E-state index is 0.301. The molecular formula is C8H5F3N2. The molecule has 2 rings (SSSR count). The number of fused-ring (bicyclic) bond motifs is 1. The molecule has 13 heavy (non-hydrogen) atoms. The average Bonchev–Trinajstić information content (AvgIpc) is 2.47. The Kier molecular flexibility index (Phi) is 1.55. The maximum atomic E-state index is 12.2. The molecule has 5 heteroatoms. The largest absolute Gasteiger partial charge is 0.416 e. The van der Waals surface area contributed by atoms with Crippen molar-refractivity contribution in [2.75, 3.05) is 0 Å². The molecule has 0 aromatic carbocycles. The van der Waals surface area contributed by atoms with Gasteiger partial charge in [-0.05, 0) is 12.1 Å². The van der Waals surface area contributed by atoms with Crippen molar-refractivity contribution in [3.63, 3.8) is 0 Å². The lowest BCUT2D eigenvalue weighted by atomic mass is 10.2. The third-order valence-corrected chi connectivity index (χ3v) is 1.73. The molecule has 68 valence electrons. The van der Waals surface area contributed by atoms with Crippen LogP contribution < -0.4 is 0 Å². The molecule has 2 nitrogen and oxygen atoms in total. The Hall–Kier alpha value is -1.52. The Labute approximate surface area is 71.6 Å². The lowest BCUT2D eigenvalue weighted by Gasteiger charge is -2.05. The van der Waals surface area contributed by atoms with E-state index in [1.54, 1.807) is 6.20 Å². The molecule has 0 aliphatic heterocycles. The van der Waals surface area contributed by atoms with Crippen LogP contribution in [-0.2, 0) is 6.18 Å². The van der Waals surface area contributed by atoms with Crippen molar-refractivity contribution in [1.82, 2.24) is 9.38 Å². The predicted octanol–water partition coefficient (Wildman–Crippen LogP) is 2.35. The van der Waals surface area contributed by atoms with Crippen LogP contribution >= 0.6 is 0 Å². The van der Waals surface area contributed by atoms with Gasteiger partial charge in [0.1, 0.15) is 5.65 Å². The minimum atomic E-state index is -4.30. The zero-order chi connectivity index (χ0) is 9.47. The van der Waals surface area contributed by atoms with E-state index < -0.39 is 11.7 Å². The van der Waals surface area contributed by atoms with Crippen LogP contribution in [0.1, 0.15) is 5.56 Å². The van der Waals surface area contributed by atoms with Gasteiger partial charge in [0.15, 0.2) is 0 Å². The molecule has 2 heterocycles. The molecule has 0 amide bonds. The van der Waals surface area contributed by atoms with Crippen LogP contribution in [0.15, 0.2) is 30.7 Å². The van der Waals surface area contributed by atoms with Gasteiger partial charge in [0, 0.05) is 18.6 Å². The minimum Gasteiger partial charge on any atom is -0.307 e. The van der Waals surface area contributed by atoms with Crippen LogP contribution in [0.2, 0.25) is 0 Å². The quantitative estimate of drug-likeness (QED) is 0.617. The first-order valence-electron chi connectivity index (χ1n) is 3.57. The number of pyridine rings is 1. The van der Waals surface area contributed by atoms with E-state index in [0.717, 1.165) is 12.1 Å². The van der Waals surface area contributed by atoms with E-state index in [9.17, 15) is 13.2 Å². The third kappa shape index (κ3) is 1.37. The summed E-state index contributed by atoms with van der Waals surface area (Å²) < 4.78 is 38.1. The van der Waals surface area contributed by atoms with Crippen LogP contribution in [-0.4, -0.2) is 9.38 Å². The van der Waals surface area contributed by atoms with Gasteiger partial charge in [-0.15, -0.1) is 0 Å². The molecule has 0 N–H and O–H groups in total. The van der Waals surface area contributed by atoms with E-state index in [0.29, 0.717) is 5.65 Å². The summed E-state index contributed by atoms with van der Waals surface area (Å²) in [4.78, 5) is 3.76. The van der Waals surface area contributed by atoms with Gasteiger partial charge < -0.3 is 4.40 Å². The predicted molar refractivity (Wildman–Crippen MR) is 40.2 cm³/mol. The van der Waals surface area contributed by atoms with E-state index in [1.165, 1.54) is 16.8 Å². The molecule has 0 aliphatic carbocycles. The highest BCUT2D eigenvalue weighted by Gasteiger charge is 2.30. The molecule has 0 bridgehead atoms. The summed E-state index contributed by atoms with van der Waals surface area (Å²) in [7, 11) is 0. The van der Waals surface area contributed by atoms with E-state index in [-0.39, 0.29) is 0 Å². The van der Waals surface area contributed by atoms with Gasteiger partial charge in [-0.25, -0.2) is 4.98 Å². The Morgan fingerprint density at radius 3 is 2.69 bits per heavy atom. The van der Waals surface area contributed by atoms with Gasteiger partial charge in [0.25, 0.3) is 0 Å². The summed E-state index contributed by atoms with van der Waals surface area (Å²) in [6.45, 7) is 0. The summed E-state index contributed by atoms with van der Waals surface area (Å²) in [5.74, 6) is 0. The first-order chi connectivity index (χ1) is 6.07. The van der Waals surface area contributed by atoms with Crippen molar-refractivity contribution in [2.45, 2.75) is 6.18 Å². The van der Waals surface area contributed by atoms with Crippen molar-refractivity contribution in [3.8, 4) is 0 Å².